The van der Waals surface area contributed by atoms with Gasteiger partial charge in [-0.1, -0.05) is 41.1 Å². The number of anilines is 1. The lowest BCUT2D eigenvalue weighted by Crippen LogP contribution is -3.06. The second-order valence-electron chi connectivity index (χ2n) is 6.74. The van der Waals surface area contributed by atoms with Gasteiger partial charge in [0.25, 0.3) is 5.91 Å². The number of hydrogen-bond acceptors (Lipinski definition) is 3. The monoisotopic (exact) mass is 388 g/mol. The first-order valence-electron chi connectivity index (χ1n) is 8.60. The number of benzene rings is 2. The van der Waals surface area contributed by atoms with Crippen molar-refractivity contribution in [2.24, 2.45) is 0 Å². The zero-order valence-corrected chi connectivity index (χ0v) is 17.0. The number of hydrogen-bond donors (Lipinski definition) is 1. The molecule has 0 aliphatic carbocycles. The summed E-state index contributed by atoms with van der Waals surface area (Å²) in [6, 6.07) is 11.4. The molecule has 0 saturated carbocycles. The van der Waals surface area contributed by atoms with E-state index in [1.54, 1.807) is 28.4 Å². The number of halogens is 1. The smallest absolute Gasteiger partial charge is 0.261 e. The van der Waals surface area contributed by atoms with Crippen molar-refractivity contribution in [1.29, 1.82) is 0 Å². The molecule has 1 heterocycles. The van der Waals surface area contributed by atoms with Gasteiger partial charge in [0, 0.05) is 0 Å². The molecular formula is C20H23ClN3OS+. The fraction of sp³-hybridized carbons (Fsp3) is 0.300. The molecule has 26 heavy (non-hydrogen) atoms. The van der Waals surface area contributed by atoms with Gasteiger partial charge in [-0.3, -0.25) is 9.69 Å². The van der Waals surface area contributed by atoms with E-state index in [4.69, 9.17) is 16.6 Å². The molecule has 1 N–H and O–H groups in total. The van der Waals surface area contributed by atoms with Crippen molar-refractivity contribution in [3.05, 3.63) is 58.1 Å². The summed E-state index contributed by atoms with van der Waals surface area (Å²) in [4.78, 5) is 21.0. The molecule has 1 aromatic heterocycles. The Morgan fingerprint density at radius 3 is 2.62 bits per heavy atom. The van der Waals surface area contributed by atoms with E-state index in [0.717, 1.165) is 27.5 Å². The minimum absolute atomic E-state index is 0.106. The minimum atomic E-state index is -0.106. The van der Waals surface area contributed by atoms with Gasteiger partial charge in [-0.05, 0) is 43.2 Å². The highest BCUT2D eigenvalue weighted by Gasteiger charge is 2.24. The first-order chi connectivity index (χ1) is 12.4. The second-order valence-corrected chi connectivity index (χ2v) is 8.16. The van der Waals surface area contributed by atoms with Gasteiger partial charge in [0.05, 0.1) is 48.0 Å². The second kappa shape index (κ2) is 7.74. The van der Waals surface area contributed by atoms with Crippen LogP contribution in [0.25, 0.3) is 10.2 Å². The summed E-state index contributed by atoms with van der Waals surface area (Å²) in [6.45, 7) is 5.57. The molecular weight excluding hydrogens is 366 g/mol. The van der Waals surface area contributed by atoms with Crippen molar-refractivity contribution in [1.82, 2.24) is 4.98 Å². The van der Waals surface area contributed by atoms with E-state index in [1.165, 1.54) is 10.5 Å². The van der Waals surface area contributed by atoms with E-state index in [2.05, 4.69) is 40.1 Å². The molecule has 136 valence electrons. The molecule has 6 heteroatoms. The summed E-state index contributed by atoms with van der Waals surface area (Å²) in [5, 5.41) is 1.19. The third-order valence-electron chi connectivity index (χ3n) is 4.49. The molecule has 3 aromatic rings. The van der Waals surface area contributed by atoms with Gasteiger partial charge in [-0.2, -0.15) is 0 Å². The maximum atomic E-state index is 13.2. The Bertz CT molecular complexity index is 951. The van der Waals surface area contributed by atoms with Crippen LogP contribution in [0.1, 0.15) is 21.5 Å². The topological polar surface area (TPSA) is 37.6 Å². The van der Waals surface area contributed by atoms with Crippen LogP contribution in [-0.4, -0.2) is 38.1 Å². The van der Waals surface area contributed by atoms with Crippen LogP contribution < -0.4 is 9.80 Å². The van der Waals surface area contributed by atoms with Crippen molar-refractivity contribution < 1.29 is 9.69 Å². The fourth-order valence-corrected chi connectivity index (χ4v) is 4.00. The standard InChI is InChI=1S/C20H22ClN3OS/c1-13-9-10-17-18(14(13)2)22-20(26-17)24(12-11-23(3)4)19(25)15-7-5-6-8-16(15)21/h5-10H,11-12H2,1-4H3/p+1. The summed E-state index contributed by atoms with van der Waals surface area (Å²) >= 11 is 7.82. The zero-order chi connectivity index (χ0) is 18.8. The first-order valence-corrected chi connectivity index (χ1v) is 9.80. The number of aromatic nitrogens is 1. The summed E-state index contributed by atoms with van der Waals surface area (Å²) in [6.07, 6.45) is 0. The van der Waals surface area contributed by atoms with Crippen LogP contribution in [0, 0.1) is 13.8 Å². The number of amides is 1. The predicted octanol–water partition coefficient (Wildman–Crippen LogP) is 3.36. The number of aryl methyl sites for hydroxylation is 2. The molecule has 3 rings (SSSR count). The van der Waals surface area contributed by atoms with Crippen molar-refractivity contribution >= 4 is 44.2 Å². The largest absolute Gasteiger partial charge is 0.338 e. The highest BCUT2D eigenvalue weighted by Crippen LogP contribution is 2.33. The first kappa shape index (κ1) is 18.8. The number of nitrogens with one attached hydrogen (secondary N) is 1. The minimum Gasteiger partial charge on any atom is -0.338 e. The van der Waals surface area contributed by atoms with E-state index in [1.807, 2.05) is 12.1 Å². The number of carbonyl (C=O) groups is 1. The number of rotatable bonds is 5. The highest BCUT2D eigenvalue weighted by molar-refractivity contribution is 7.22. The van der Waals surface area contributed by atoms with Crippen molar-refractivity contribution in [2.75, 3.05) is 32.1 Å². The van der Waals surface area contributed by atoms with E-state index in [-0.39, 0.29) is 5.91 Å². The number of thiazole rings is 1. The Labute approximate surface area is 163 Å². The van der Waals surface area contributed by atoms with Gasteiger partial charge >= 0.3 is 0 Å². The maximum Gasteiger partial charge on any atom is 0.261 e. The van der Waals surface area contributed by atoms with Gasteiger partial charge < -0.3 is 4.90 Å². The van der Waals surface area contributed by atoms with Crippen molar-refractivity contribution in [2.45, 2.75) is 13.8 Å². The molecule has 0 bridgehead atoms. The van der Waals surface area contributed by atoms with E-state index < -0.39 is 0 Å². The van der Waals surface area contributed by atoms with Crippen LogP contribution in [0.4, 0.5) is 5.13 Å². The van der Waals surface area contributed by atoms with Crippen LogP contribution >= 0.6 is 22.9 Å². The molecule has 0 saturated heterocycles. The van der Waals surface area contributed by atoms with Crippen LogP contribution in [0.5, 0.6) is 0 Å². The Balaban J connectivity index is 2.05. The highest BCUT2D eigenvalue weighted by atomic mass is 35.5. The average molecular weight is 389 g/mol. The average Bonchev–Trinajstić information content (AvgIpc) is 3.03. The van der Waals surface area contributed by atoms with Crippen molar-refractivity contribution in [3.8, 4) is 0 Å². The number of nitrogens with zero attached hydrogens (tertiary/aromatic N) is 2. The molecule has 0 radical (unpaired) electrons. The summed E-state index contributed by atoms with van der Waals surface area (Å²) in [7, 11) is 4.15. The van der Waals surface area contributed by atoms with Crippen LogP contribution in [0.2, 0.25) is 5.02 Å². The Morgan fingerprint density at radius 2 is 1.92 bits per heavy atom. The molecule has 0 spiro atoms. The number of likely N-dealkylation sites (N-methyl/N-ethyl adjacent to an activating group) is 1. The van der Waals surface area contributed by atoms with Gasteiger partial charge in [-0.15, -0.1) is 0 Å². The van der Waals surface area contributed by atoms with Crippen LogP contribution in [0.3, 0.4) is 0 Å². The van der Waals surface area contributed by atoms with Crippen molar-refractivity contribution in [3.63, 3.8) is 0 Å². The lowest BCUT2D eigenvalue weighted by molar-refractivity contribution is -0.856. The molecule has 0 atom stereocenters. The lowest BCUT2D eigenvalue weighted by atomic mass is 10.1. The predicted molar refractivity (Wildman–Crippen MR) is 110 cm³/mol. The maximum absolute atomic E-state index is 13.2. The lowest BCUT2D eigenvalue weighted by Gasteiger charge is -2.21. The molecule has 4 nitrogen and oxygen atoms in total. The van der Waals surface area contributed by atoms with Gasteiger partial charge in [0.15, 0.2) is 5.13 Å². The zero-order valence-electron chi connectivity index (χ0n) is 15.5. The number of quaternary nitrogens is 1. The Morgan fingerprint density at radius 1 is 1.19 bits per heavy atom. The van der Waals surface area contributed by atoms with E-state index in [9.17, 15) is 4.79 Å². The molecule has 0 aliphatic rings. The molecule has 0 aliphatic heterocycles. The summed E-state index contributed by atoms with van der Waals surface area (Å²) in [5.41, 5.74) is 3.85. The SMILES string of the molecule is Cc1ccc2sc(N(CC[NH+](C)C)C(=O)c3ccccc3Cl)nc2c1C. The quantitative estimate of drug-likeness (QED) is 0.727. The van der Waals surface area contributed by atoms with Gasteiger partial charge in [0.2, 0.25) is 0 Å². The summed E-state index contributed by atoms with van der Waals surface area (Å²) < 4.78 is 1.09. The van der Waals surface area contributed by atoms with Gasteiger partial charge in [0.1, 0.15) is 0 Å². The normalized spacial score (nSPS) is 11.3. The number of carbonyl (C=O) groups excluding carboxylic acids is 1. The fourth-order valence-electron chi connectivity index (χ4n) is 2.73. The van der Waals surface area contributed by atoms with Crippen LogP contribution in [-0.2, 0) is 0 Å². The van der Waals surface area contributed by atoms with E-state index >= 15 is 0 Å². The van der Waals surface area contributed by atoms with Crippen LogP contribution in [0.15, 0.2) is 36.4 Å². The molecule has 0 unspecified atom stereocenters. The molecule has 2 aromatic carbocycles. The van der Waals surface area contributed by atoms with E-state index in [0.29, 0.717) is 17.1 Å². The molecule has 0 fully saturated rings. The Hall–Kier alpha value is -1.95. The number of fused-ring (bicyclic) bond motifs is 1. The van der Waals surface area contributed by atoms with Gasteiger partial charge in [-0.25, -0.2) is 4.98 Å². The Kier molecular flexibility index (Phi) is 5.61. The third-order valence-corrected chi connectivity index (χ3v) is 5.86. The summed E-state index contributed by atoms with van der Waals surface area (Å²) in [5.74, 6) is -0.106. The molecule has 1 amide bonds. The third kappa shape index (κ3) is 3.75.